The van der Waals surface area contributed by atoms with Gasteiger partial charge in [0.2, 0.25) is 5.91 Å². The zero-order valence-corrected chi connectivity index (χ0v) is 10.6. The average Bonchev–Trinajstić information content (AvgIpc) is 2.23. The smallest absolute Gasteiger partial charge is 0.315 e. The van der Waals surface area contributed by atoms with Crippen LogP contribution in [0.1, 0.15) is 12.0 Å². The first-order valence-corrected chi connectivity index (χ1v) is 5.45. The molecule has 0 aliphatic carbocycles. The number of esters is 1. The van der Waals surface area contributed by atoms with E-state index in [4.69, 9.17) is 0 Å². The van der Waals surface area contributed by atoms with Crippen LogP contribution in [0, 0.1) is 6.92 Å². The standard InChI is InChI=1S/C11H12BrNO3/c1-7-3-4-8(12)5-9(7)13-10(14)6-11(15)16-2/h3-5H,6H2,1-2H3,(H,13,14). The molecule has 0 aliphatic rings. The summed E-state index contributed by atoms with van der Waals surface area (Å²) in [6.07, 6.45) is -0.275. The first-order chi connectivity index (χ1) is 7.52. The Morgan fingerprint density at radius 1 is 1.44 bits per heavy atom. The van der Waals surface area contributed by atoms with Crippen molar-refractivity contribution in [2.24, 2.45) is 0 Å². The molecule has 0 heterocycles. The summed E-state index contributed by atoms with van der Waals surface area (Å²) in [7, 11) is 1.25. The van der Waals surface area contributed by atoms with Gasteiger partial charge in [0.15, 0.2) is 0 Å². The molecule has 0 bridgehead atoms. The van der Waals surface area contributed by atoms with Crippen LogP contribution in [-0.2, 0) is 14.3 Å². The molecule has 0 spiro atoms. The summed E-state index contributed by atoms with van der Waals surface area (Å²) < 4.78 is 5.27. The summed E-state index contributed by atoms with van der Waals surface area (Å²) in [4.78, 5) is 22.3. The van der Waals surface area contributed by atoms with Gasteiger partial charge in [-0.2, -0.15) is 0 Å². The summed E-state index contributed by atoms with van der Waals surface area (Å²) >= 11 is 3.31. The number of rotatable bonds is 3. The Balaban J connectivity index is 2.69. The van der Waals surface area contributed by atoms with Gasteiger partial charge in [-0.05, 0) is 24.6 Å². The van der Waals surface area contributed by atoms with Crippen LogP contribution in [0.3, 0.4) is 0 Å². The monoisotopic (exact) mass is 285 g/mol. The molecule has 16 heavy (non-hydrogen) atoms. The molecule has 0 saturated carbocycles. The van der Waals surface area contributed by atoms with E-state index in [9.17, 15) is 9.59 Å². The highest BCUT2D eigenvalue weighted by Gasteiger charge is 2.10. The summed E-state index contributed by atoms with van der Waals surface area (Å²) in [5, 5.41) is 2.65. The second-order valence-electron chi connectivity index (χ2n) is 3.26. The van der Waals surface area contributed by atoms with Crippen molar-refractivity contribution >= 4 is 33.5 Å². The zero-order valence-electron chi connectivity index (χ0n) is 9.04. The molecule has 1 amide bonds. The number of ether oxygens (including phenoxy) is 1. The van der Waals surface area contributed by atoms with Gasteiger partial charge in [-0.25, -0.2) is 0 Å². The fourth-order valence-corrected chi connectivity index (χ4v) is 1.49. The lowest BCUT2D eigenvalue weighted by molar-refractivity contribution is -0.142. The first kappa shape index (κ1) is 12.7. The lowest BCUT2D eigenvalue weighted by Gasteiger charge is -2.08. The van der Waals surface area contributed by atoms with Gasteiger partial charge in [0.05, 0.1) is 7.11 Å². The molecule has 1 aromatic carbocycles. The maximum absolute atomic E-state index is 11.4. The number of anilines is 1. The number of nitrogens with one attached hydrogen (secondary N) is 1. The van der Waals surface area contributed by atoms with Crippen LogP contribution in [0.15, 0.2) is 22.7 Å². The summed E-state index contributed by atoms with van der Waals surface area (Å²) in [5.41, 5.74) is 1.62. The number of aryl methyl sites for hydroxylation is 1. The number of hydrogen-bond acceptors (Lipinski definition) is 3. The fourth-order valence-electron chi connectivity index (χ4n) is 1.13. The minimum absolute atomic E-state index is 0.275. The van der Waals surface area contributed by atoms with Crippen molar-refractivity contribution < 1.29 is 14.3 Å². The van der Waals surface area contributed by atoms with Crippen molar-refractivity contribution in [2.45, 2.75) is 13.3 Å². The van der Waals surface area contributed by atoms with E-state index >= 15 is 0 Å². The van der Waals surface area contributed by atoms with Gasteiger partial charge >= 0.3 is 5.97 Å². The maximum atomic E-state index is 11.4. The number of carbonyl (C=O) groups is 2. The Kier molecular flexibility index (Phi) is 4.49. The molecule has 0 aromatic heterocycles. The van der Waals surface area contributed by atoms with E-state index in [1.807, 2.05) is 19.1 Å². The first-order valence-electron chi connectivity index (χ1n) is 4.65. The highest BCUT2D eigenvalue weighted by molar-refractivity contribution is 9.10. The minimum atomic E-state index is -0.551. The number of methoxy groups -OCH3 is 1. The second kappa shape index (κ2) is 5.65. The Labute approximate surface area is 102 Å². The van der Waals surface area contributed by atoms with E-state index in [0.29, 0.717) is 5.69 Å². The molecule has 1 rings (SSSR count). The lowest BCUT2D eigenvalue weighted by atomic mass is 10.2. The second-order valence-corrected chi connectivity index (χ2v) is 4.18. The molecule has 0 fully saturated rings. The molecule has 86 valence electrons. The van der Waals surface area contributed by atoms with E-state index in [0.717, 1.165) is 10.0 Å². The van der Waals surface area contributed by atoms with E-state index < -0.39 is 5.97 Å². The molecule has 1 N–H and O–H groups in total. The fraction of sp³-hybridized carbons (Fsp3) is 0.273. The third-order valence-electron chi connectivity index (χ3n) is 2.01. The van der Waals surface area contributed by atoms with Gasteiger partial charge in [0.1, 0.15) is 6.42 Å². The third kappa shape index (κ3) is 3.66. The Morgan fingerprint density at radius 2 is 2.12 bits per heavy atom. The Hall–Kier alpha value is -1.36. The Morgan fingerprint density at radius 3 is 2.75 bits per heavy atom. The van der Waals surface area contributed by atoms with Crippen molar-refractivity contribution in [1.82, 2.24) is 0 Å². The van der Waals surface area contributed by atoms with E-state index in [2.05, 4.69) is 26.0 Å². The summed E-state index contributed by atoms with van der Waals surface area (Å²) in [5.74, 6) is -0.932. The molecule has 1 aromatic rings. The number of halogens is 1. The molecular weight excluding hydrogens is 274 g/mol. The average molecular weight is 286 g/mol. The molecule has 0 unspecified atom stereocenters. The van der Waals surface area contributed by atoms with Gasteiger partial charge in [-0.3, -0.25) is 9.59 Å². The Bertz CT molecular complexity index is 418. The maximum Gasteiger partial charge on any atom is 0.315 e. The van der Waals surface area contributed by atoms with Gasteiger partial charge in [0, 0.05) is 10.2 Å². The van der Waals surface area contributed by atoms with E-state index in [-0.39, 0.29) is 12.3 Å². The van der Waals surface area contributed by atoms with Crippen LogP contribution in [0.2, 0.25) is 0 Å². The number of amides is 1. The van der Waals surface area contributed by atoms with Gasteiger partial charge in [-0.15, -0.1) is 0 Å². The van der Waals surface area contributed by atoms with Crippen LogP contribution >= 0.6 is 15.9 Å². The van der Waals surface area contributed by atoms with Crippen molar-refractivity contribution in [2.75, 3.05) is 12.4 Å². The molecule has 4 nitrogen and oxygen atoms in total. The van der Waals surface area contributed by atoms with Gasteiger partial charge < -0.3 is 10.1 Å². The lowest BCUT2D eigenvalue weighted by Crippen LogP contribution is -2.17. The molecule has 0 aliphatic heterocycles. The molecule has 5 heteroatoms. The largest absolute Gasteiger partial charge is 0.469 e. The van der Waals surface area contributed by atoms with Gasteiger partial charge in [0.25, 0.3) is 0 Å². The molecule has 0 saturated heterocycles. The SMILES string of the molecule is COC(=O)CC(=O)Nc1cc(Br)ccc1C. The normalized spacial score (nSPS) is 9.69. The highest BCUT2D eigenvalue weighted by atomic mass is 79.9. The number of carbonyl (C=O) groups excluding carboxylic acids is 2. The van der Waals surface area contributed by atoms with Crippen LogP contribution in [0.5, 0.6) is 0 Å². The predicted octanol–water partition coefficient (Wildman–Crippen LogP) is 2.26. The van der Waals surface area contributed by atoms with Crippen molar-refractivity contribution in [3.63, 3.8) is 0 Å². The van der Waals surface area contributed by atoms with Crippen molar-refractivity contribution in [3.8, 4) is 0 Å². The number of hydrogen-bond donors (Lipinski definition) is 1. The van der Waals surface area contributed by atoms with Crippen LogP contribution in [0.25, 0.3) is 0 Å². The third-order valence-corrected chi connectivity index (χ3v) is 2.50. The van der Waals surface area contributed by atoms with Gasteiger partial charge in [-0.1, -0.05) is 22.0 Å². The summed E-state index contributed by atoms with van der Waals surface area (Å²) in [6, 6.07) is 5.54. The van der Waals surface area contributed by atoms with Crippen LogP contribution < -0.4 is 5.32 Å². The van der Waals surface area contributed by atoms with Crippen molar-refractivity contribution in [3.05, 3.63) is 28.2 Å². The predicted molar refractivity (Wildman–Crippen MR) is 64.1 cm³/mol. The van der Waals surface area contributed by atoms with E-state index in [1.54, 1.807) is 6.07 Å². The van der Waals surface area contributed by atoms with Crippen LogP contribution in [0.4, 0.5) is 5.69 Å². The minimum Gasteiger partial charge on any atom is -0.469 e. The van der Waals surface area contributed by atoms with E-state index in [1.165, 1.54) is 7.11 Å². The quantitative estimate of drug-likeness (QED) is 0.685. The van der Waals surface area contributed by atoms with Crippen molar-refractivity contribution in [1.29, 1.82) is 0 Å². The van der Waals surface area contributed by atoms with Crippen LogP contribution in [-0.4, -0.2) is 19.0 Å². The molecule has 0 radical (unpaired) electrons. The molecular formula is C11H12BrNO3. The topological polar surface area (TPSA) is 55.4 Å². The number of benzene rings is 1. The molecule has 0 atom stereocenters. The summed E-state index contributed by atoms with van der Waals surface area (Å²) in [6.45, 7) is 1.88. The highest BCUT2D eigenvalue weighted by Crippen LogP contribution is 2.20. The zero-order chi connectivity index (χ0) is 12.1.